The third kappa shape index (κ3) is 3.40. The molecular weight excluding hydrogens is 168 g/mol. The molecule has 4 nitrogen and oxygen atoms in total. The maximum atomic E-state index is 10.9. The number of aromatic amines is 1. The zero-order chi connectivity index (χ0) is 9.68. The van der Waals surface area contributed by atoms with E-state index in [-0.39, 0.29) is 12.2 Å². The predicted molar refractivity (Wildman–Crippen MR) is 50.5 cm³/mol. The van der Waals surface area contributed by atoms with Crippen molar-refractivity contribution in [1.82, 2.24) is 9.88 Å². The molecule has 72 valence electrons. The topological polar surface area (TPSA) is 56.3 Å². The summed E-state index contributed by atoms with van der Waals surface area (Å²) < 4.78 is 0. The van der Waals surface area contributed by atoms with Crippen LogP contribution in [0.25, 0.3) is 0 Å². The predicted octanol–water partition coefficient (Wildman–Crippen LogP) is -0.201. The maximum absolute atomic E-state index is 10.9. The molecule has 4 heteroatoms. The number of aliphatic hydroxyl groups is 1. The average molecular weight is 182 g/mol. The van der Waals surface area contributed by atoms with Gasteiger partial charge in [-0.3, -0.25) is 9.69 Å². The summed E-state index contributed by atoms with van der Waals surface area (Å²) in [5.74, 6) is 0. The first-order valence-electron chi connectivity index (χ1n) is 4.20. The number of pyridine rings is 1. The van der Waals surface area contributed by atoms with E-state index in [1.54, 1.807) is 6.07 Å². The van der Waals surface area contributed by atoms with Crippen molar-refractivity contribution in [3.05, 3.63) is 34.2 Å². The molecule has 0 saturated heterocycles. The minimum absolute atomic E-state index is 0.0881. The Hall–Kier alpha value is -1.13. The summed E-state index contributed by atoms with van der Waals surface area (Å²) in [6, 6.07) is 5.06. The first-order chi connectivity index (χ1) is 6.22. The van der Waals surface area contributed by atoms with Crippen LogP contribution in [0.3, 0.4) is 0 Å². The van der Waals surface area contributed by atoms with Crippen LogP contribution in [0, 0.1) is 0 Å². The van der Waals surface area contributed by atoms with Gasteiger partial charge >= 0.3 is 0 Å². The number of likely N-dealkylation sites (N-methyl/N-ethyl adjacent to an activating group) is 1. The molecule has 0 aliphatic heterocycles. The molecule has 1 heterocycles. The van der Waals surface area contributed by atoms with Gasteiger partial charge in [0.25, 0.3) is 0 Å². The van der Waals surface area contributed by atoms with Gasteiger partial charge in [0.1, 0.15) is 0 Å². The molecule has 0 fully saturated rings. The highest BCUT2D eigenvalue weighted by atomic mass is 16.3. The lowest BCUT2D eigenvalue weighted by molar-refractivity contribution is 0.216. The third-order valence-electron chi connectivity index (χ3n) is 1.75. The van der Waals surface area contributed by atoms with Crippen LogP contribution in [0.2, 0.25) is 0 Å². The SMILES string of the molecule is CN(CCO)Cc1cccc(=O)[nH]1. The first-order valence-corrected chi connectivity index (χ1v) is 4.20. The molecule has 0 saturated carbocycles. The fraction of sp³-hybridized carbons (Fsp3) is 0.444. The van der Waals surface area contributed by atoms with Gasteiger partial charge in [0.15, 0.2) is 0 Å². The molecule has 0 radical (unpaired) electrons. The van der Waals surface area contributed by atoms with Crippen molar-refractivity contribution in [1.29, 1.82) is 0 Å². The normalized spacial score (nSPS) is 10.7. The van der Waals surface area contributed by atoms with E-state index in [1.165, 1.54) is 6.07 Å². The van der Waals surface area contributed by atoms with Gasteiger partial charge in [-0.25, -0.2) is 0 Å². The van der Waals surface area contributed by atoms with Gasteiger partial charge < -0.3 is 10.1 Å². The largest absolute Gasteiger partial charge is 0.395 e. The molecule has 1 aromatic rings. The number of nitrogens with zero attached hydrogens (tertiary/aromatic N) is 1. The van der Waals surface area contributed by atoms with Crippen LogP contribution in [-0.2, 0) is 6.54 Å². The average Bonchev–Trinajstić information content (AvgIpc) is 2.04. The van der Waals surface area contributed by atoms with Crippen molar-refractivity contribution >= 4 is 0 Å². The minimum Gasteiger partial charge on any atom is -0.395 e. The van der Waals surface area contributed by atoms with Gasteiger partial charge in [-0.2, -0.15) is 0 Å². The lowest BCUT2D eigenvalue weighted by Gasteiger charge is -2.14. The molecule has 0 spiro atoms. The Bertz CT molecular complexity index is 308. The molecule has 13 heavy (non-hydrogen) atoms. The maximum Gasteiger partial charge on any atom is 0.248 e. The highest BCUT2D eigenvalue weighted by molar-refractivity contribution is 5.03. The molecule has 0 atom stereocenters. The van der Waals surface area contributed by atoms with Crippen molar-refractivity contribution in [2.45, 2.75) is 6.54 Å². The lowest BCUT2D eigenvalue weighted by atomic mass is 10.3. The van der Waals surface area contributed by atoms with E-state index in [0.29, 0.717) is 13.1 Å². The number of nitrogens with one attached hydrogen (secondary N) is 1. The van der Waals surface area contributed by atoms with Crippen LogP contribution >= 0.6 is 0 Å². The van der Waals surface area contributed by atoms with Gasteiger partial charge in [-0.1, -0.05) is 6.07 Å². The minimum atomic E-state index is -0.0881. The Morgan fingerprint density at radius 2 is 2.31 bits per heavy atom. The van der Waals surface area contributed by atoms with Crippen molar-refractivity contribution in [3.63, 3.8) is 0 Å². The summed E-state index contributed by atoms with van der Waals surface area (Å²) in [5.41, 5.74) is 0.776. The summed E-state index contributed by atoms with van der Waals surface area (Å²) in [4.78, 5) is 15.6. The summed E-state index contributed by atoms with van der Waals surface area (Å²) >= 11 is 0. The number of hydrogen-bond donors (Lipinski definition) is 2. The molecule has 0 amide bonds. The van der Waals surface area contributed by atoms with Crippen molar-refractivity contribution in [2.24, 2.45) is 0 Å². The molecule has 0 aliphatic rings. The van der Waals surface area contributed by atoms with Crippen molar-refractivity contribution in [2.75, 3.05) is 20.2 Å². The Morgan fingerprint density at radius 1 is 1.54 bits per heavy atom. The fourth-order valence-electron chi connectivity index (χ4n) is 1.13. The Labute approximate surface area is 76.8 Å². The van der Waals surface area contributed by atoms with E-state index in [4.69, 9.17) is 5.11 Å². The van der Waals surface area contributed by atoms with Gasteiger partial charge in [0.05, 0.1) is 6.61 Å². The van der Waals surface area contributed by atoms with Crippen LogP contribution in [0.15, 0.2) is 23.0 Å². The summed E-state index contributed by atoms with van der Waals surface area (Å²) in [7, 11) is 1.89. The van der Waals surface area contributed by atoms with Gasteiger partial charge in [0, 0.05) is 24.8 Å². The molecule has 0 aromatic carbocycles. The summed E-state index contributed by atoms with van der Waals surface area (Å²) in [6.45, 7) is 1.39. The molecule has 1 aromatic heterocycles. The summed E-state index contributed by atoms with van der Waals surface area (Å²) in [6.07, 6.45) is 0. The van der Waals surface area contributed by atoms with Gasteiger partial charge in [0.2, 0.25) is 5.56 Å². The fourth-order valence-corrected chi connectivity index (χ4v) is 1.13. The molecule has 0 aliphatic carbocycles. The van der Waals surface area contributed by atoms with Crippen LogP contribution in [-0.4, -0.2) is 35.2 Å². The molecule has 0 unspecified atom stereocenters. The molecule has 1 rings (SSSR count). The van der Waals surface area contributed by atoms with Crippen LogP contribution in [0.4, 0.5) is 0 Å². The smallest absolute Gasteiger partial charge is 0.248 e. The molecular formula is C9H14N2O2. The number of aliphatic hydroxyl groups excluding tert-OH is 1. The number of hydrogen-bond acceptors (Lipinski definition) is 3. The van der Waals surface area contributed by atoms with Crippen LogP contribution in [0.1, 0.15) is 5.69 Å². The van der Waals surface area contributed by atoms with E-state index in [9.17, 15) is 4.79 Å². The Kier molecular flexibility index (Phi) is 3.67. The molecule has 0 bridgehead atoms. The third-order valence-corrected chi connectivity index (χ3v) is 1.75. The number of aromatic nitrogens is 1. The van der Waals surface area contributed by atoms with Crippen molar-refractivity contribution < 1.29 is 5.11 Å². The van der Waals surface area contributed by atoms with E-state index in [1.807, 2.05) is 18.0 Å². The van der Waals surface area contributed by atoms with Crippen LogP contribution < -0.4 is 5.56 Å². The van der Waals surface area contributed by atoms with E-state index >= 15 is 0 Å². The van der Waals surface area contributed by atoms with E-state index in [0.717, 1.165) is 5.69 Å². The van der Waals surface area contributed by atoms with Crippen LogP contribution in [0.5, 0.6) is 0 Å². The second-order valence-corrected chi connectivity index (χ2v) is 3.00. The van der Waals surface area contributed by atoms with Gasteiger partial charge in [-0.15, -0.1) is 0 Å². The highest BCUT2D eigenvalue weighted by Crippen LogP contribution is 1.95. The summed E-state index contributed by atoms with van der Waals surface area (Å²) in [5, 5.41) is 8.66. The lowest BCUT2D eigenvalue weighted by Crippen LogP contribution is -2.23. The standard InChI is InChI=1S/C9H14N2O2/c1-11(5-6-12)7-8-3-2-4-9(13)10-8/h2-4,12H,5-7H2,1H3,(H,10,13). The number of H-pyrrole nitrogens is 1. The first kappa shape index (κ1) is 9.95. The Morgan fingerprint density at radius 3 is 2.92 bits per heavy atom. The molecule has 2 N–H and O–H groups in total. The second kappa shape index (κ2) is 4.79. The monoisotopic (exact) mass is 182 g/mol. The Balaban J connectivity index is 2.58. The van der Waals surface area contributed by atoms with Crippen molar-refractivity contribution in [3.8, 4) is 0 Å². The van der Waals surface area contributed by atoms with E-state index < -0.39 is 0 Å². The zero-order valence-corrected chi connectivity index (χ0v) is 7.66. The highest BCUT2D eigenvalue weighted by Gasteiger charge is 1.98. The van der Waals surface area contributed by atoms with Gasteiger partial charge in [-0.05, 0) is 13.1 Å². The number of rotatable bonds is 4. The van der Waals surface area contributed by atoms with E-state index in [2.05, 4.69) is 4.98 Å². The zero-order valence-electron chi connectivity index (χ0n) is 7.66. The second-order valence-electron chi connectivity index (χ2n) is 3.00. The quantitative estimate of drug-likeness (QED) is 0.678.